The van der Waals surface area contributed by atoms with E-state index in [4.69, 9.17) is 4.74 Å². The molecule has 2 fully saturated rings. The number of aryl methyl sites for hydroxylation is 1. The molecule has 3 heterocycles. The predicted molar refractivity (Wildman–Crippen MR) is 156 cm³/mol. The summed E-state index contributed by atoms with van der Waals surface area (Å²) in [5.74, 6) is -0.772. The summed E-state index contributed by atoms with van der Waals surface area (Å²) >= 11 is 0. The maximum absolute atomic E-state index is 13.0. The largest absolute Gasteiger partial charge is 0.465 e. The molecule has 0 radical (unpaired) electrons. The molecule has 6 rings (SSSR count). The van der Waals surface area contributed by atoms with Crippen molar-refractivity contribution >= 4 is 34.4 Å². The summed E-state index contributed by atoms with van der Waals surface area (Å²) in [6.07, 6.45) is 1.52. The SMILES string of the molecule is Cc1ccc2c(NC(=O)[C@@H]3C[C@H]3C(F)F)cccc2c1Oc1ncccc1-c1ccnc(NC2CCCN(C(=O)O)C2)n1. The molecule has 0 bridgehead atoms. The normalized spacial score (nSPS) is 19.7. The van der Waals surface area contributed by atoms with E-state index in [1.165, 1.54) is 4.90 Å². The molecule has 1 unspecified atom stereocenters. The minimum atomic E-state index is -2.50. The van der Waals surface area contributed by atoms with E-state index in [2.05, 4.69) is 25.6 Å². The number of benzene rings is 2. The smallest absolute Gasteiger partial charge is 0.407 e. The number of nitrogens with zero attached hydrogens (tertiary/aromatic N) is 4. The topological polar surface area (TPSA) is 130 Å². The Kier molecular flexibility index (Phi) is 7.75. The molecule has 1 saturated heterocycles. The van der Waals surface area contributed by atoms with Crippen molar-refractivity contribution in [2.75, 3.05) is 23.7 Å². The number of fused-ring (bicyclic) bond motifs is 1. The fourth-order valence-corrected chi connectivity index (χ4v) is 5.50. The highest BCUT2D eigenvalue weighted by molar-refractivity contribution is 6.05. The number of pyridine rings is 1. The monoisotopic (exact) mass is 588 g/mol. The summed E-state index contributed by atoms with van der Waals surface area (Å²) in [6, 6.07) is 14.4. The van der Waals surface area contributed by atoms with Crippen LogP contribution in [-0.2, 0) is 4.79 Å². The van der Waals surface area contributed by atoms with Gasteiger partial charge in [-0.2, -0.15) is 0 Å². The number of anilines is 2. The fraction of sp³-hybridized carbons (Fsp3) is 0.323. The van der Waals surface area contributed by atoms with Crippen molar-refractivity contribution in [1.82, 2.24) is 19.9 Å². The van der Waals surface area contributed by atoms with Gasteiger partial charge in [-0.05, 0) is 56.0 Å². The van der Waals surface area contributed by atoms with Crippen LogP contribution in [0.3, 0.4) is 0 Å². The average molecular weight is 589 g/mol. The van der Waals surface area contributed by atoms with E-state index in [1.807, 2.05) is 31.2 Å². The van der Waals surface area contributed by atoms with Crippen LogP contribution in [0.25, 0.3) is 22.0 Å². The van der Waals surface area contributed by atoms with Crippen LogP contribution in [-0.4, -0.2) is 62.5 Å². The number of carboxylic acid groups (broad SMARTS) is 1. The third-order valence-corrected chi connectivity index (χ3v) is 7.89. The zero-order chi connectivity index (χ0) is 30.1. The van der Waals surface area contributed by atoms with Gasteiger partial charge in [-0.3, -0.25) is 4.79 Å². The average Bonchev–Trinajstić information content (AvgIpc) is 3.81. The Morgan fingerprint density at radius 2 is 1.93 bits per heavy atom. The van der Waals surface area contributed by atoms with E-state index in [-0.39, 0.29) is 12.5 Å². The number of halogens is 2. The quantitative estimate of drug-likeness (QED) is 0.222. The van der Waals surface area contributed by atoms with Crippen LogP contribution in [0.1, 0.15) is 24.8 Å². The highest BCUT2D eigenvalue weighted by Crippen LogP contribution is 2.44. The van der Waals surface area contributed by atoms with E-state index in [1.54, 1.807) is 36.7 Å². The number of nitrogens with one attached hydrogen (secondary N) is 2. The summed E-state index contributed by atoms with van der Waals surface area (Å²) < 4.78 is 32.5. The molecule has 1 saturated carbocycles. The second-order valence-electron chi connectivity index (χ2n) is 10.9. The number of hydrogen-bond acceptors (Lipinski definition) is 7. The van der Waals surface area contributed by atoms with Crippen LogP contribution >= 0.6 is 0 Å². The standard InChI is InChI=1S/C31H30F2N6O4/c1-17-9-10-19-20(6-2-8-24(19)37-28(40)23-15-22(23)27(32)33)26(17)43-29-21(7-3-12-34-29)25-11-13-35-30(38-25)36-18-5-4-14-39(16-18)31(41)42/h2-3,6-13,18,22-23,27H,4-5,14-16H2,1H3,(H,37,40)(H,41,42)(H,35,36,38)/t18?,22-,23-/m1/s1. The molecular weight excluding hydrogens is 558 g/mol. The first-order valence-corrected chi connectivity index (χ1v) is 14.1. The van der Waals surface area contributed by atoms with Gasteiger partial charge in [-0.1, -0.05) is 24.3 Å². The molecule has 12 heteroatoms. The Labute approximate surface area is 246 Å². The number of carbonyl (C=O) groups is 2. The predicted octanol–water partition coefficient (Wildman–Crippen LogP) is 6.19. The van der Waals surface area contributed by atoms with Gasteiger partial charge in [0.1, 0.15) is 5.75 Å². The van der Waals surface area contributed by atoms with Crippen molar-refractivity contribution in [1.29, 1.82) is 0 Å². The molecule has 3 N–H and O–H groups in total. The lowest BCUT2D eigenvalue weighted by Gasteiger charge is -2.31. The van der Waals surface area contributed by atoms with Gasteiger partial charge in [0.25, 0.3) is 0 Å². The molecule has 1 aliphatic heterocycles. The minimum absolute atomic E-state index is 0.112. The Morgan fingerprint density at radius 3 is 2.72 bits per heavy atom. The van der Waals surface area contributed by atoms with E-state index < -0.39 is 30.3 Å². The number of ether oxygens (including phenoxy) is 1. The molecule has 2 aromatic heterocycles. The fourth-order valence-electron chi connectivity index (χ4n) is 5.50. The van der Waals surface area contributed by atoms with Crippen LogP contribution in [0.4, 0.5) is 25.2 Å². The zero-order valence-electron chi connectivity index (χ0n) is 23.3. The Bertz CT molecular complexity index is 1690. The number of amides is 2. The van der Waals surface area contributed by atoms with Crippen molar-refractivity contribution in [2.24, 2.45) is 11.8 Å². The van der Waals surface area contributed by atoms with Crippen LogP contribution < -0.4 is 15.4 Å². The maximum Gasteiger partial charge on any atom is 0.407 e. The van der Waals surface area contributed by atoms with Crippen molar-refractivity contribution in [3.05, 3.63) is 66.5 Å². The third-order valence-electron chi connectivity index (χ3n) is 7.89. The van der Waals surface area contributed by atoms with E-state index in [9.17, 15) is 23.5 Å². The minimum Gasteiger partial charge on any atom is -0.465 e. The van der Waals surface area contributed by atoms with Crippen LogP contribution in [0.2, 0.25) is 0 Å². The van der Waals surface area contributed by atoms with Gasteiger partial charge in [0.2, 0.25) is 24.2 Å². The second-order valence-corrected chi connectivity index (χ2v) is 10.9. The lowest BCUT2D eigenvalue weighted by atomic mass is 10.0. The number of piperidine rings is 1. The maximum atomic E-state index is 13.0. The second kappa shape index (κ2) is 11.8. The zero-order valence-corrected chi connectivity index (χ0v) is 23.3. The van der Waals surface area contributed by atoms with E-state index in [0.29, 0.717) is 53.0 Å². The van der Waals surface area contributed by atoms with Crippen molar-refractivity contribution < 1.29 is 28.2 Å². The number of aromatic nitrogens is 3. The van der Waals surface area contributed by atoms with Gasteiger partial charge in [0.15, 0.2) is 0 Å². The molecule has 4 aromatic rings. The lowest BCUT2D eigenvalue weighted by Crippen LogP contribution is -2.44. The molecule has 2 amide bonds. The van der Waals surface area contributed by atoms with E-state index >= 15 is 0 Å². The summed E-state index contributed by atoms with van der Waals surface area (Å²) in [5.41, 5.74) is 2.54. The van der Waals surface area contributed by atoms with Crippen LogP contribution in [0.15, 0.2) is 60.9 Å². The first kappa shape index (κ1) is 28.3. The lowest BCUT2D eigenvalue weighted by molar-refractivity contribution is -0.118. The molecule has 222 valence electrons. The molecule has 3 atom stereocenters. The molecule has 43 heavy (non-hydrogen) atoms. The number of rotatable bonds is 8. The van der Waals surface area contributed by atoms with Crippen molar-refractivity contribution in [3.8, 4) is 22.9 Å². The van der Waals surface area contributed by atoms with Crippen LogP contribution in [0, 0.1) is 18.8 Å². The highest BCUT2D eigenvalue weighted by Gasteiger charge is 2.48. The van der Waals surface area contributed by atoms with Crippen LogP contribution in [0.5, 0.6) is 11.6 Å². The summed E-state index contributed by atoms with van der Waals surface area (Å²) in [5, 5.41) is 16.9. The summed E-state index contributed by atoms with van der Waals surface area (Å²) in [4.78, 5) is 38.9. The van der Waals surface area contributed by atoms with Crippen molar-refractivity contribution in [3.63, 3.8) is 0 Å². The molecule has 10 nitrogen and oxygen atoms in total. The number of likely N-dealkylation sites (tertiary alicyclic amines) is 1. The Morgan fingerprint density at radius 1 is 1.07 bits per heavy atom. The first-order valence-electron chi connectivity index (χ1n) is 14.1. The van der Waals surface area contributed by atoms with Gasteiger partial charge in [0.05, 0.1) is 11.3 Å². The Balaban J connectivity index is 1.26. The highest BCUT2D eigenvalue weighted by atomic mass is 19.3. The number of carbonyl (C=O) groups excluding carboxylic acids is 1. The number of alkyl halides is 2. The van der Waals surface area contributed by atoms with Gasteiger partial charge in [-0.15, -0.1) is 0 Å². The first-order chi connectivity index (χ1) is 20.8. The summed E-state index contributed by atoms with van der Waals surface area (Å²) in [7, 11) is 0. The Hall–Kier alpha value is -4.87. The molecule has 2 aliphatic rings. The van der Waals surface area contributed by atoms with Gasteiger partial charge in [0, 0.05) is 59.8 Å². The third kappa shape index (κ3) is 6.04. The molecule has 0 spiro atoms. The molecular formula is C31H30F2N6O4. The van der Waals surface area contributed by atoms with Gasteiger partial charge >= 0.3 is 6.09 Å². The van der Waals surface area contributed by atoms with Gasteiger partial charge in [-0.25, -0.2) is 28.5 Å². The summed E-state index contributed by atoms with van der Waals surface area (Å²) in [6.45, 7) is 2.75. The van der Waals surface area contributed by atoms with Gasteiger partial charge < -0.3 is 25.4 Å². The van der Waals surface area contributed by atoms with Crippen molar-refractivity contribution in [2.45, 2.75) is 38.7 Å². The number of hydrogen-bond donors (Lipinski definition) is 3. The van der Waals surface area contributed by atoms with E-state index in [0.717, 1.165) is 23.8 Å². The molecule has 1 aliphatic carbocycles. The molecule has 2 aromatic carbocycles.